The molecule has 6 nitrogen and oxygen atoms in total. The lowest BCUT2D eigenvalue weighted by Gasteiger charge is -2.24. The van der Waals surface area contributed by atoms with E-state index in [1.54, 1.807) is 4.68 Å². The van der Waals surface area contributed by atoms with Gasteiger partial charge in [-0.1, -0.05) is 23.7 Å². The largest absolute Gasteiger partial charge is 0.492 e. The molecule has 1 aromatic heterocycles. The van der Waals surface area contributed by atoms with E-state index in [1.807, 2.05) is 48.5 Å². The fraction of sp³-hybridized carbons (Fsp3) is 0.364. The molecule has 29 heavy (non-hydrogen) atoms. The van der Waals surface area contributed by atoms with Gasteiger partial charge < -0.3 is 9.84 Å². The topological polar surface area (TPSA) is 67.6 Å². The normalized spacial score (nSPS) is 17.1. The lowest BCUT2D eigenvalue weighted by Crippen LogP contribution is -2.35. The van der Waals surface area contributed by atoms with E-state index in [9.17, 15) is 4.79 Å². The van der Waals surface area contributed by atoms with Crippen molar-refractivity contribution in [3.05, 3.63) is 53.7 Å². The lowest BCUT2D eigenvalue weighted by molar-refractivity contribution is -0.137. The van der Waals surface area contributed by atoms with Crippen LogP contribution in [0.25, 0.3) is 16.6 Å². The molecule has 0 aliphatic carbocycles. The number of likely N-dealkylation sites (tertiary alicyclic amines) is 1. The molecule has 2 heterocycles. The van der Waals surface area contributed by atoms with Gasteiger partial charge in [-0.05, 0) is 68.8 Å². The van der Waals surface area contributed by atoms with E-state index in [0.717, 1.165) is 48.3 Å². The van der Waals surface area contributed by atoms with E-state index in [2.05, 4.69) is 10.00 Å². The fourth-order valence-corrected chi connectivity index (χ4v) is 4.15. The van der Waals surface area contributed by atoms with E-state index < -0.39 is 5.97 Å². The van der Waals surface area contributed by atoms with Crippen LogP contribution in [-0.4, -0.2) is 51.5 Å². The van der Waals surface area contributed by atoms with Crippen LogP contribution in [0.3, 0.4) is 0 Å². The summed E-state index contributed by atoms with van der Waals surface area (Å²) in [5.74, 6) is 0.0706. The predicted molar refractivity (Wildman–Crippen MR) is 113 cm³/mol. The molecule has 4 rings (SSSR count). The van der Waals surface area contributed by atoms with Gasteiger partial charge in [0.15, 0.2) is 0 Å². The average Bonchev–Trinajstić information content (AvgIpc) is 3.31. The van der Waals surface area contributed by atoms with Gasteiger partial charge in [0.1, 0.15) is 17.5 Å². The van der Waals surface area contributed by atoms with Crippen molar-refractivity contribution in [3.63, 3.8) is 0 Å². The van der Waals surface area contributed by atoms with Crippen LogP contribution < -0.4 is 4.74 Å². The smallest absolute Gasteiger partial charge is 0.303 e. The Balaban J connectivity index is 1.37. The van der Waals surface area contributed by atoms with Gasteiger partial charge in [-0.2, -0.15) is 5.10 Å². The SMILES string of the molecule is O=C(O)CCCN1CCC[C@H]1COc1ccc(-n2nc3ccccc3c2Cl)cc1. The molecule has 152 valence electrons. The molecule has 0 bridgehead atoms. The fourth-order valence-electron chi connectivity index (χ4n) is 3.86. The zero-order valence-electron chi connectivity index (χ0n) is 16.1. The molecule has 1 aliphatic rings. The number of carboxylic acid groups (broad SMARTS) is 1. The van der Waals surface area contributed by atoms with Crippen LogP contribution in [-0.2, 0) is 4.79 Å². The number of carbonyl (C=O) groups is 1. The quantitative estimate of drug-likeness (QED) is 0.593. The van der Waals surface area contributed by atoms with E-state index in [4.69, 9.17) is 21.4 Å². The molecule has 0 spiro atoms. The molecule has 1 aliphatic heterocycles. The Hall–Kier alpha value is -2.57. The number of hydrogen-bond acceptors (Lipinski definition) is 4. The first-order valence-electron chi connectivity index (χ1n) is 9.94. The van der Waals surface area contributed by atoms with E-state index in [1.165, 1.54) is 0 Å². The second kappa shape index (κ2) is 8.84. The van der Waals surface area contributed by atoms with Gasteiger partial charge in [0.25, 0.3) is 0 Å². The summed E-state index contributed by atoms with van der Waals surface area (Å²) in [7, 11) is 0. The summed E-state index contributed by atoms with van der Waals surface area (Å²) >= 11 is 6.48. The highest BCUT2D eigenvalue weighted by molar-refractivity contribution is 6.34. The number of carboxylic acids is 1. The predicted octanol–water partition coefficient (Wildman–Crippen LogP) is 4.39. The van der Waals surface area contributed by atoms with Crippen LogP contribution in [0.4, 0.5) is 0 Å². The molecule has 0 radical (unpaired) electrons. The van der Waals surface area contributed by atoms with Crippen LogP contribution in [0.2, 0.25) is 5.15 Å². The maximum absolute atomic E-state index is 10.7. The van der Waals surface area contributed by atoms with Crippen molar-refractivity contribution < 1.29 is 14.6 Å². The highest BCUT2D eigenvalue weighted by Gasteiger charge is 2.24. The maximum Gasteiger partial charge on any atom is 0.303 e. The Kier molecular flexibility index (Phi) is 6.02. The van der Waals surface area contributed by atoms with Gasteiger partial charge >= 0.3 is 5.97 Å². The highest BCUT2D eigenvalue weighted by Crippen LogP contribution is 2.27. The van der Waals surface area contributed by atoms with Crippen molar-refractivity contribution in [1.29, 1.82) is 0 Å². The standard InChI is InChI=1S/C22H24ClN3O3/c23-22-19-6-1-2-7-20(19)24-26(22)16-9-11-18(12-10-16)29-15-17-5-3-13-25(17)14-4-8-21(27)28/h1-2,6-7,9-12,17H,3-5,8,13-15H2,(H,27,28)/t17-/m0/s1. The number of ether oxygens (including phenoxy) is 1. The van der Waals surface area contributed by atoms with Crippen LogP contribution in [0.1, 0.15) is 25.7 Å². The van der Waals surface area contributed by atoms with Gasteiger partial charge in [-0.25, -0.2) is 4.68 Å². The molecule has 0 unspecified atom stereocenters. The van der Waals surface area contributed by atoms with Gasteiger partial charge in [0.05, 0.1) is 11.2 Å². The summed E-state index contributed by atoms with van der Waals surface area (Å²) in [6.45, 7) is 2.43. The first-order chi connectivity index (χ1) is 14.1. The molecular weight excluding hydrogens is 390 g/mol. The van der Waals surface area contributed by atoms with Gasteiger partial charge in [-0.15, -0.1) is 0 Å². The summed E-state index contributed by atoms with van der Waals surface area (Å²) in [6, 6.07) is 15.9. The minimum absolute atomic E-state index is 0.219. The molecule has 0 saturated carbocycles. The molecule has 1 saturated heterocycles. The summed E-state index contributed by atoms with van der Waals surface area (Å²) in [5, 5.41) is 14.9. The zero-order valence-corrected chi connectivity index (χ0v) is 16.9. The van der Waals surface area contributed by atoms with Crippen molar-refractivity contribution in [2.75, 3.05) is 19.7 Å². The summed E-state index contributed by atoms with van der Waals surface area (Å²) in [6.07, 6.45) is 3.11. The van der Waals surface area contributed by atoms with Crippen LogP contribution in [0.5, 0.6) is 5.75 Å². The van der Waals surface area contributed by atoms with E-state index >= 15 is 0 Å². The number of aromatic nitrogens is 2. The first-order valence-corrected chi connectivity index (χ1v) is 10.3. The van der Waals surface area contributed by atoms with E-state index in [-0.39, 0.29) is 6.42 Å². The van der Waals surface area contributed by atoms with Crippen molar-refractivity contribution in [2.24, 2.45) is 0 Å². The second-order valence-corrected chi connectivity index (χ2v) is 7.71. The number of aliphatic carboxylic acids is 1. The Bertz CT molecular complexity index is 987. The number of halogens is 1. The average molecular weight is 414 g/mol. The van der Waals surface area contributed by atoms with Gasteiger partial charge in [0.2, 0.25) is 0 Å². The maximum atomic E-state index is 10.7. The molecule has 2 aromatic carbocycles. The molecular formula is C22H24ClN3O3. The third kappa shape index (κ3) is 4.54. The Labute approximate surface area is 174 Å². The Morgan fingerprint density at radius 3 is 2.76 bits per heavy atom. The number of fused-ring (bicyclic) bond motifs is 1. The zero-order chi connectivity index (χ0) is 20.2. The monoisotopic (exact) mass is 413 g/mol. The van der Waals surface area contributed by atoms with Crippen molar-refractivity contribution in [2.45, 2.75) is 31.7 Å². The van der Waals surface area contributed by atoms with Crippen LogP contribution in [0.15, 0.2) is 48.5 Å². The first kappa shape index (κ1) is 19.7. The van der Waals surface area contributed by atoms with Crippen molar-refractivity contribution >= 4 is 28.5 Å². The molecule has 0 amide bonds. The third-order valence-corrected chi connectivity index (χ3v) is 5.74. The molecule has 1 fully saturated rings. The van der Waals surface area contributed by atoms with Crippen LogP contribution >= 0.6 is 11.6 Å². The third-order valence-electron chi connectivity index (χ3n) is 5.38. The summed E-state index contributed by atoms with van der Waals surface area (Å²) in [5.41, 5.74) is 1.75. The van der Waals surface area contributed by atoms with Crippen LogP contribution in [0, 0.1) is 0 Å². The molecule has 1 atom stereocenters. The van der Waals surface area contributed by atoms with Crippen molar-refractivity contribution in [1.82, 2.24) is 14.7 Å². The lowest BCUT2D eigenvalue weighted by atomic mass is 10.2. The van der Waals surface area contributed by atoms with Crippen molar-refractivity contribution in [3.8, 4) is 11.4 Å². The molecule has 7 heteroatoms. The second-order valence-electron chi connectivity index (χ2n) is 7.35. The number of rotatable bonds is 8. The number of benzene rings is 2. The number of hydrogen-bond donors (Lipinski definition) is 1. The van der Waals surface area contributed by atoms with Gasteiger partial charge in [-0.3, -0.25) is 9.69 Å². The van der Waals surface area contributed by atoms with E-state index in [0.29, 0.717) is 24.2 Å². The highest BCUT2D eigenvalue weighted by atomic mass is 35.5. The Morgan fingerprint density at radius 2 is 2.00 bits per heavy atom. The minimum atomic E-state index is -0.734. The van der Waals surface area contributed by atoms with Gasteiger partial charge in [0, 0.05) is 17.8 Å². The molecule has 3 aromatic rings. The number of nitrogens with zero attached hydrogens (tertiary/aromatic N) is 3. The molecule has 1 N–H and O–H groups in total. The Morgan fingerprint density at radius 1 is 1.21 bits per heavy atom. The summed E-state index contributed by atoms with van der Waals surface area (Å²) < 4.78 is 7.74. The summed E-state index contributed by atoms with van der Waals surface area (Å²) in [4.78, 5) is 13.0. The minimum Gasteiger partial charge on any atom is -0.492 e.